The van der Waals surface area contributed by atoms with E-state index in [1.807, 2.05) is 19.1 Å². The van der Waals surface area contributed by atoms with Crippen LogP contribution in [0.15, 0.2) is 42.5 Å². The molecule has 28 heavy (non-hydrogen) atoms. The Labute approximate surface area is 168 Å². The molecule has 2 aliphatic rings. The van der Waals surface area contributed by atoms with Crippen molar-refractivity contribution in [3.05, 3.63) is 59.2 Å². The first-order valence-corrected chi connectivity index (χ1v) is 10.7. The molecule has 0 aliphatic carbocycles. The summed E-state index contributed by atoms with van der Waals surface area (Å²) in [5.74, 6) is -0.00601. The van der Waals surface area contributed by atoms with E-state index >= 15 is 0 Å². The quantitative estimate of drug-likeness (QED) is 0.836. The maximum atomic E-state index is 11.9. The van der Waals surface area contributed by atoms with Crippen molar-refractivity contribution in [3.8, 4) is 11.1 Å². The highest BCUT2D eigenvalue weighted by molar-refractivity contribution is 5.94. The molecule has 0 saturated carbocycles. The zero-order chi connectivity index (χ0) is 19.3. The van der Waals surface area contributed by atoms with E-state index in [0.717, 1.165) is 25.1 Å². The highest BCUT2D eigenvalue weighted by Gasteiger charge is 2.18. The third-order valence-electron chi connectivity index (χ3n) is 6.05. The lowest BCUT2D eigenvalue weighted by molar-refractivity contribution is 0.0956. The number of nitrogens with zero attached hydrogens (tertiary/aromatic N) is 2. The van der Waals surface area contributed by atoms with Crippen LogP contribution in [0, 0.1) is 0 Å². The molecule has 1 N–H and O–H groups in total. The summed E-state index contributed by atoms with van der Waals surface area (Å²) in [5.41, 5.74) is 6.08. The van der Waals surface area contributed by atoms with Crippen molar-refractivity contribution in [2.45, 2.75) is 32.7 Å². The van der Waals surface area contributed by atoms with Gasteiger partial charge in [-0.1, -0.05) is 30.3 Å². The number of hydrogen-bond donors (Lipinski definition) is 1. The highest BCUT2D eigenvalue weighted by Crippen LogP contribution is 2.26. The predicted molar refractivity (Wildman–Crippen MR) is 115 cm³/mol. The maximum absolute atomic E-state index is 11.9. The summed E-state index contributed by atoms with van der Waals surface area (Å²) in [6.45, 7) is 9.78. The Morgan fingerprint density at radius 2 is 1.61 bits per heavy atom. The number of hydrogen-bond acceptors (Lipinski definition) is 3. The molecule has 0 atom stereocenters. The Kier molecular flexibility index (Phi) is 6.08. The number of amides is 1. The number of carbonyl (C=O) groups is 1. The standard InChI is InChI=1S/C24H31N3O/c1-2-25-24(28)20-7-5-19(6-8-20)21-9-10-23-18-27(14-11-22(23)17-21)16-15-26-12-3-4-13-26/h5-10,17H,2-4,11-16,18H2,1H3,(H,25,28). The number of likely N-dealkylation sites (tertiary alicyclic amines) is 1. The molecule has 4 nitrogen and oxygen atoms in total. The van der Waals surface area contributed by atoms with Crippen molar-refractivity contribution in [2.75, 3.05) is 39.3 Å². The summed E-state index contributed by atoms with van der Waals surface area (Å²) in [4.78, 5) is 17.1. The molecule has 0 spiro atoms. The molecule has 2 aliphatic heterocycles. The van der Waals surface area contributed by atoms with Crippen LogP contribution in [0.5, 0.6) is 0 Å². The van der Waals surface area contributed by atoms with Crippen LogP contribution in [-0.4, -0.2) is 55.0 Å². The van der Waals surface area contributed by atoms with Crippen molar-refractivity contribution >= 4 is 5.91 Å². The van der Waals surface area contributed by atoms with Crippen molar-refractivity contribution < 1.29 is 4.79 Å². The summed E-state index contributed by atoms with van der Waals surface area (Å²) in [6.07, 6.45) is 3.87. The van der Waals surface area contributed by atoms with E-state index in [-0.39, 0.29) is 5.91 Å². The molecule has 148 valence electrons. The van der Waals surface area contributed by atoms with Crippen LogP contribution in [0.25, 0.3) is 11.1 Å². The van der Waals surface area contributed by atoms with Gasteiger partial charge in [0, 0.05) is 38.3 Å². The number of fused-ring (bicyclic) bond motifs is 1. The molecule has 1 fully saturated rings. The smallest absolute Gasteiger partial charge is 0.251 e. The van der Waals surface area contributed by atoms with Gasteiger partial charge in [0.2, 0.25) is 0 Å². The fraction of sp³-hybridized carbons (Fsp3) is 0.458. The normalized spacial score (nSPS) is 17.5. The van der Waals surface area contributed by atoms with Crippen molar-refractivity contribution in [1.82, 2.24) is 15.1 Å². The maximum Gasteiger partial charge on any atom is 0.251 e. The lowest BCUT2D eigenvalue weighted by Crippen LogP contribution is -2.37. The van der Waals surface area contributed by atoms with Gasteiger partial charge >= 0.3 is 0 Å². The number of benzene rings is 2. The van der Waals surface area contributed by atoms with Gasteiger partial charge in [-0.3, -0.25) is 9.69 Å². The molecule has 1 saturated heterocycles. The van der Waals surface area contributed by atoms with E-state index in [0.29, 0.717) is 6.54 Å². The van der Waals surface area contributed by atoms with Gasteiger partial charge in [-0.05, 0) is 73.7 Å². The van der Waals surface area contributed by atoms with Crippen LogP contribution < -0.4 is 5.32 Å². The molecule has 0 aromatic heterocycles. The summed E-state index contributed by atoms with van der Waals surface area (Å²) < 4.78 is 0. The first-order valence-electron chi connectivity index (χ1n) is 10.7. The summed E-state index contributed by atoms with van der Waals surface area (Å²) in [7, 11) is 0. The zero-order valence-electron chi connectivity index (χ0n) is 16.9. The summed E-state index contributed by atoms with van der Waals surface area (Å²) in [6, 6.07) is 14.8. The van der Waals surface area contributed by atoms with E-state index in [4.69, 9.17) is 0 Å². The molecule has 1 amide bonds. The average Bonchev–Trinajstić information content (AvgIpc) is 3.26. The SMILES string of the molecule is CCNC(=O)c1ccc(-c2ccc3c(c2)CCN(CCN2CCCC2)C3)cc1. The van der Waals surface area contributed by atoms with Gasteiger partial charge in [0.05, 0.1) is 0 Å². The Bertz CT molecular complexity index is 809. The molecule has 2 aromatic carbocycles. The number of rotatable bonds is 6. The minimum Gasteiger partial charge on any atom is -0.352 e. The first kappa shape index (κ1) is 19.2. The fourth-order valence-corrected chi connectivity index (χ4v) is 4.35. The van der Waals surface area contributed by atoms with Crippen LogP contribution in [0.1, 0.15) is 41.3 Å². The summed E-state index contributed by atoms with van der Waals surface area (Å²) in [5, 5.41) is 2.85. The monoisotopic (exact) mass is 377 g/mol. The molecule has 0 bridgehead atoms. The van der Waals surface area contributed by atoms with Crippen LogP contribution in [0.2, 0.25) is 0 Å². The Balaban J connectivity index is 1.40. The third-order valence-corrected chi connectivity index (χ3v) is 6.05. The molecule has 0 unspecified atom stereocenters. The van der Waals surface area contributed by atoms with Crippen LogP contribution >= 0.6 is 0 Å². The minimum absolute atomic E-state index is 0.00601. The van der Waals surface area contributed by atoms with E-state index in [9.17, 15) is 4.79 Å². The van der Waals surface area contributed by atoms with Gasteiger partial charge < -0.3 is 10.2 Å². The first-order chi connectivity index (χ1) is 13.7. The summed E-state index contributed by atoms with van der Waals surface area (Å²) >= 11 is 0. The lowest BCUT2D eigenvalue weighted by atomic mass is 9.94. The van der Waals surface area contributed by atoms with E-state index in [1.54, 1.807) is 0 Å². The third kappa shape index (κ3) is 4.45. The number of nitrogens with one attached hydrogen (secondary N) is 1. The second-order valence-corrected chi connectivity index (χ2v) is 8.00. The fourth-order valence-electron chi connectivity index (χ4n) is 4.35. The van der Waals surface area contributed by atoms with Gasteiger partial charge in [0.15, 0.2) is 0 Å². The Morgan fingerprint density at radius 3 is 2.36 bits per heavy atom. The molecule has 4 rings (SSSR count). The second kappa shape index (κ2) is 8.89. The van der Waals surface area contributed by atoms with Gasteiger partial charge in [-0.25, -0.2) is 0 Å². The largest absolute Gasteiger partial charge is 0.352 e. The van der Waals surface area contributed by atoms with Crippen molar-refractivity contribution in [2.24, 2.45) is 0 Å². The highest BCUT2D eigenvalue weighted by atomic mass is 16.1. The van der Waals surface area contributed by atoms with Crippen LogP contribution in [-0.2, 0) is 13.0 Å². The van der Waals surface area contributed by atoms with Gasteiger partial charge in [0.1, 0.15) is 0 Å². The van der Waals surface area contributed by atoms with Crippen molar-refractivity contribution in [1.29, 1.82) is 0 Å². The zero-order valence-corrected chi connectivity index (χ0v) is 16.9. The van der Waals surface area contributed by atoms with Crippen LogP contribution in [0.4, 0.5) is 0 Å². The van der Waals surface area contributed by atoms with E-state index in [1.165, 1.54) is 61.3 Å². The number of carbonyl (C=O) groups excluding carboxylic acids is 1. The predicted octanol–water partition coefficient (Wildman–Crippen LogP) is 3.56. The Hall–Kier alpha value is -2.17. The second-order valence-electron chi connectivity index (χ2n) is 8.00. The molecular weight excluding hydrogens is 346 g/mol. The molecule has 2 heterocycles. The molecule has 0 radical (unpaired) electrons. The average molecular weight is 378 g/mol. The van der Waals surface area contributed by atoms with Gasteiger partial charge in [0.25, 0.3) is 5.91 Å². The molecule has 2 aromatic rings. The van der Waals surface area contributed by atoms with Crippen molar-refractivity contribution in [3.63, 3.8) is 0 Å². The lowest BCUT2D eigenvalue weighted by Gasteiger charge is -2.30. The Morgan fingerprint density at radius 1 is 0.893 bits per heavy atom. The topological polar surface area (TPSA) is 35.6 Å². The van der Waals surface area contributed by atoms with Gasteiger partial charge in [-0.2, -0.15) is 0 Å². The van der Waals surface area contributed by atoms with Gasteiger partial charge in [-0.15, -0.1) is 0 Å². The molecule has 4 heteroatoms. The molecular formula is C24H31N3O. The minimum atomic E-state index is -0.00601. The van der Waals surface area contributed by atoms with Crippen LogP contribution in [0.3, 0.4) is 0 Å². The van der Waals surface area contributed by atoms with E-state index < -0.39 is 0 Å². The van der Waals surface area contributed by atoms with E-state index in [2.05, 4.69) is 45.4 Å².